The van der Waals surface area contributed by atoms with Crippen LogP contribution in [0.15, 0.2) is 0 Å². The molecule has 15 heavy (non-hydrogen) atoms. The highest BCUT2D eigenvalue weighted by atomic mass is 32.2. The second-order valence-electron chi connectivity index (χ2n) is 3.71. The van der Waals surface area contributed by atoms with Crippen molar-refractivity contribution in [2.75, 3.05) is 5.75 Å². The van der Waals surface area contributed by atoms with Gasteiger partial charge in [0.25, 0.3) is 0 Å². The molecule has 0 rings (SSSR count). The zero-order valence-electron chi connectivity index (χ0n) is 9.36. The van der Waals surface area contributed by atoms with Crippen molar-refractivity contribution in [3.8, 4) is 0 Å². The van der Waals surface area contributed by atoms with Gasteiger partial charge in [0.05, 0.1) is 11.7 Å². The summed E-state index contributed by atoms with van der Waals surface area (Å²) in [7, 11) is -3.33. The third kappa shape index (κ3) is 5.74. The topological polar surface area (TPSA) is 83.5 Å². The Hall–Kier alpha value is -0.620. The first-order valence-corrected chi connectivity index (χ1v) is 6.68. The molecule has 5 nitrogen and oxygen atoms in total. The van der Waals surface area contributed by atoms with E-state index in [0.29, 0.717) is 6.42 Å². The summed E-state index contributed by atoms with van der Waals surface area (Å²) in [6, 6.07) is -0.579. The summed E-state index contributed by atoms with van der Waals surface area (Å²) in [5.41, 5.74) is 0. The van der Waals surface area contributed by atoms with Crippen molar-refractivity contribution in [1.29, 1.82) is 0 Å². The molecule has 0 radical (unpaired) electrons. The monoisotopic (exact) mass is 237 g/mol. The Morgan fingerprint density at radius 2 is 1.93 bits per heavy atom. The van der Waals surface area contributed by atoms with E-state index < -0.39 is 28.0 Å². The van der Waals surface area contributed by atoms with Crippen LogP contribution in [-0.4, -0.2) is 31.3 Å². The molecule has 6 heteroatoms. The standard InChI is InChI=1S/C9H19NO4S/c1-4-5-6-15(13,14)10-8(3)7(2)9(11)12/h7-8,10H,4-6H2,1-3H3,(H,11,12). The SMILES string of the molecule is CCCCS(=O)(=O)NC(C)C(C)C(=O)O. The lowest BCUT2D eigenvalue weighted by Crippen LogP contribution is -2.41. The highest BCUT2D eigenvalue weighted by molar-refractivity contribution is 7.89. The largest absolute Gasteiger partial charge is 0.481 e. The number of rotatable bonds is 7. The molecule has 0 aliphatic heterocycles. The second kappa shape index (κ2) is 6.07. The van der Waals surface area contributed by atoms with Crippen molar-refractivity contribution in [3.63, 3.8) is 0 Å². The third-order valence-corrected chi connectivity index (χ3v) is 3.83. The van der Waals surface area contributed by atoms with E-state index >= 15 is 0 Å². The molecule has 0 bridgehead atoms. The fourth-order valence-electron chi connectivity index (χ4n) is 0.992. The lowest BCUT2D eigenvalue weighted by molar-refractivity contribution is -0.141. The molecule has 0 aliphatic rings. The zero-order valence-corrected chi connectivity index (χ0v) is 10.2. The van der Waals surface area contributed by atoms with Gasteiger partial charge in [0, 0.05) is 6.04 Å². The van der Waals surface area contributed by atoms with Gasteiger partial charge in [-0.3, -0.25) is 4.79 Å². The minimum absolute atomic E-state index is 0.0557. The smallest absolute Gasteiger partial charge is 0.307 e. The minimum Gasteiger partial charge on any atom is -0.481 e. The molecule has 0 aromatic carbocycles. The van der Waals surface area contributed by atoms with Crippen LogP contribution in [-0.2, 0) is 14.8 Å². The summed E-state index contributed by atoms with van der Waals surface area (Å²) in [6.07, 6.45) is 1.38. The number of carbonyl (C=O) groups is 1. The summed E-state index contributed by atoms with van der Waals surface area (Å²) >= 11 is 0. The molecule has 0 aromatic heterocycles. The maximum Gasteiger partial charge on any atom is 0.307 e. The van der Waals surface area contributed by atoms with Crippen LogP contribution < -0.4 is 4.72 Å². The van der Waals surface area contributed by atoms with Crippen molar-refractivity contribution in [1.82, 2.24) is 4.72 Å². The quantitative estimate of drug-likeness (QED) is 0.686. The van der Waals surface area contributed by atoms with E-state index in [1.807, 2.05) is 6.92 Å². The predicted molar refractivity (Wildman–Crippen MR) is 58.1 cm³/mol. The van der Waals surface area contributed by atoms with E-state index in [1.165, 1.54) is 6.92 Å². The van der Waals surface area contributed by atoms with Crippen LogP contribution in [0, 0.1) is 5.92 Å². The molecule has 90 valence electrons. The molecule has 0 spiro atoms. The Labute approximate surface area is 90.9 Å². The maximum absolute atomic E-state index is 11.4. The molecule has 2 unspecified atom stereocenters. The molecule has 0 aliphatic carbocycles. The van der Waals surface area contributed by atoms with Gasteiger partial charge < -0.3 is 5.11 Å². The van der Waals surface area contributed by atoms with Gasteiger partial charge in [-0.2, -0.15) is 0 Å². The Kier molecular flexibility index (Phi) is 5.82. The first kappa shape index (κ1) is 14.4. The number of aliphatic carboxylic acids is 1. The van der Waals surface area contributed by atoms with Gasteiger partial charge in [-0.05, 0) is 13.3 Å². The Morgan fingerprint density at radius 1 is 1.40 bits per heavy atom. The van der Waals surface area contributed by atoms with Crippen molar-refractivity contribution in [2.45, 2.75) is 39.7 Å². The van der Waals surface area contributed by atoms with Gasteiger partial charge in [-0.15, -0.1) is 0 Å². The minimum atomic E-state index is -3.33. The summed E-state index contributed by atoms with van der Waals surface area (Å²) < 4.78 is 25.2. The van der Waals surface area contributed by atoms with Crippen molar-refractivity contribution < 1.29 is 18.3 Å². The molecule has 0 saturated heterocycles. The average Bonchev–Trinajstić information content (AvgIpc) is 2.12. The van der Waals surface area contributed by atoms with Crippen LogP contribution >= 0.6 is 0 Å². The highest BCUT2D eigenvalue weighted by Gasteiger charge is 2.23. The number of hydrogen-bond donors (Lipinski definition) is 2. The lowest BCUT2D eigenvalue weighted by Gasteiger charge is -2.17. The molecule has 2 N–H and O–H groups in total. The maximum atomic E-state index is 11.4. The zero-order chi connectivity index (χ0) is 12.1. The van der Waals surface area contributed by atoms with Crippen LogP contribution in [0.3, 0.4) is 0 Å². The predicted octanol–water partition coefficient (Wildman–Crippen LogP) is 0.815. The van der Waals surface area contributed by atoms with Gasteiger partial charge in [-0.25, -0.2) is 13.1 Å². The number of carboxylic acids is 1. The lowest BCUT2D eigenvalue weighted by atomic mass is 10.1. The Bertz CT molecular complexity index is 299. The van der Waals surface area contributed by atoms with Gasteiger partial charge in [0.15, 0.2) is 0 Å². The number of unbranched alkanes of at least 4 members (excludes halogenated alkanes) is 1. The van der Waals surface area contributed by atoms with Crippen LogP contribution in [0.5, 0.6) is 0 Å². The van der Waals surface area contributed by atoms with Crippen molar-refractivity contribution >= 4 is 16.0 Å². The van der Waals surface area contributed by atoms with Gasteiger partial charge in [0.2, 0.25) is 10.0 Å². The molecule has 0 aromatic rings. The molecule has 2 atom stereocenters. The van der Waals surface area contributed by atoms with Gasteiger partial charge in [0.1, 0.15) is 0 Å². The van der Waals surface area contributed by atoms with E-state index in [9.17, 15) is 13.2 Å². The number of carboxylic acid groups (broad SMARTS) is 1. The molecule has 0 saturated carbocycles. The van der Waals surface area contributed by atoms with E-state index in [4.69, 9.17) is 5.11 Å². The summed E-state index contributed by atoms with van der Waals surface area (Å²) in [6.45, 7) is 4.94. The second-order valence-corrected chi connectivity index (χ2v) is 5.58. The fraction of sp³-hybridized carbons (Fsp3) is 0.889. The average molecular weight is 237 g/mol. The normalized spacial score (nSPS) is 15.9. The van der Waals surface area contributed by atoms with Crippen molar-refractivity contribution in [2.24, 2.45) is 5.92 Å². The van der Waals surface area contributed by atoms with E-state index in [1.54, 1.807) is 6.92 Å². The molecule has 0 amide bonds. The van der Waals surface area contributed by atoms with Crippen LogP contribution in [0.2, 0.25) is 0 Å². The first-order valence-electron chi connectivity index (χ1n) is 5.03. The summed E-state index contributed by atoms with van der Waals surface area (Å²) in [5.74, 6) is -1.66. The first-order chi connectivity index (χ1) is 6.80. The van der Waals surface area contributed by atoms with Crippen LogP contribution in [0.1, 0.15) is 33.6 Å². The van der Waals surface area contributed by atoms with E-state index in [2.05, 4.69) is 4.72 Å². The van der Waals surface area contributed by atoms with Crippen LogP contribution in [0.4, 0.5) is 0 Å². The van der Waals surface area contributed by atoms with Crippen LogP contribution in [0.25, 0.3) is 0 Å². The van der Waals surface area contributed by atoms with Gasteiger partial charge >= 0.3 is 5.97 Å². The summed E-state index contributed by atoms with van der Waals surface area (Å²) in [5, 5.41) is 8.69. The molecular weight excluding hydrogens is 218 g/mol. The number of hydrogen-bond acceptors (Lipinski definition) is 3. The molecule has 0 heterocycles. The number of nitrogens with one attached hydrogen (secondary N) is 1. The van der Waals surface area contributed by atoms with Crippen molar-refractivity contribution in [3.05, 3.63) is 0 Å². The fourth-order valence-corrected chi connectivity index (χ4v) is 2.55. The molecular formula is C9H19NO4S. The Morgan fingerprint density at radius 3 is 2.33 bits per heavy atom. The van der Waals surface area contributed by atoms with E-state index in [0.717, 1.165) is 6.42 Å². The van der Waals surface area contributed by atoms with E-state index in [-0.39, 0.29) is 5.75 Å². The molecule has 0 fully saturated rings. The third-order valence-electron chi connectivity index (χ3n) is 2.27. The summed E-state index contributed by atoms with van der Waals surface area (Å²) in [4.78, 5) is 10.6. The number of sulfonamides is 1. The van der Waals surface area contributed by atoms with Gasteiger partial charge in [-0.1, -0.05) is 20.3 Å². The highest BCUT2D eigenvalue weighted by Crippen LogP contribution is 2.05. The Balaban J connectivity index is 4.27.